The largest absolute Gasteiger partial charge is 0.481 e. The fraction of sp³-hybridized carbons (Fsp3) is 0.400. The molecule has 0 radical (unpaired) electrons. The minimum atomic E-state index is -3.06. The number of aromatic nitrogens is 4. The smallest absolute Gasteiger partial charge is 0.387 e. The van der Waals surface area contributed by atoms with Crippen LogP contribution in [0.3, 0.4) is 0 Å². The van der Waals surface area contributed by atoms with Gasteiger partial charge < -0.3 is 30.0 Å². The Hall–Kier alpha value is -5.71. The molecular weight excluding hydrogens is 795 g/mol. The molecule has 2 saturated carbocycles. The molecule has 4 heterocycles. The average Bonchev–Trinajstić information content (AvgIpc) is 4.02. The number of carboxylic acids is 1. The van der Waals surface area contributed by atoms with Gasteiger partial charge in [0, 0.05) is 61.8 Å². The van der Waals surface area contributed by atoms with Crippen molar-refractivity contribution in [3.05, 3.63) is 88.9 Å². The fourth-order valence-electron chi connectivity index (χ4n) is 9.69. The second kappa shape index (κ2) is 16.0. The monoisotopic (exact) mass is 839 g/mol. The third-order valence-corrected chi connectivity index (χ3v) is 12.9. The van der Waals surface area contributed by atoms with Crippen LogP contribution < -0.4 is 15.4 Å². The number of carbonyl (C=O) groups is 1. The molecule has 318 valence electrons. The van der Waals surface area contributed by atoms with E-state index in [0.29, 0.717) is 73.2 Å². The zero-order valence-electron chi connectivity index (χ0n) is 33.7. The lowest BCUT2D eigenvalue weighted by Crippen LogP contribution is -2.30. The number of aliphatic carboxylic acids is 1. The highest BCUT2D eigenvalue weighted by Crippen LogP contribution is 2.61. The number of fused-ring (bicyclic) bond motifs is 4. The first-order chi connectivity index (χ1) is 29.3. The molecule has 1 atom stereocenters. The number of carboxylic acid groups (broad SMARTS) is 1. The van der Waals surface area contributed by atoms with E-state index in [1.807, 2.05) is 50.2 Å². The number of alkyl halides is 4. The number of hydrogen-bond acceptors (Lipinski definition) is 11. The minimum absolute atomic E-state index is 0.0334. The molecule has 3 aromatic carbocycles. The average molecular weight is 840 g/mol. The quantitative estimate of drug-likeness (QED) is 0.0773. The van der Waals surface area contributed by atoms with Crippen LogP contribution in [0.15, 0.2) is 65.2 Å². The van der Waals surface area contributed by atoms with Crippen molar-refractivity contribution in [1.29, 1.82) is 0 Å². The summed E-state index contributed by atoms with van der Waals surface area (Å²) < 4.78 is 66.6. The maximum atomic E-state index is 14.1. The number of oxazole rings is 1. The van der Waals surface area contributed by atoms with E-state index in [0.717, 1.165) is 47.2 Å². The highest BCUT2D eigenvalue weighted by Gasteiger charge is 2.57. The van der Waals surface area contributed by atoms with Crippen molar-refractivity contribution < 1.29 is 41.7 Å². The zero-order chi connectivity index (χ0) is 42.6. The van der Waals surface area contributed by atoms with Gasteiger partial charge in [-0.15, -0.1) is 0 Å². The number of rotatable bonds is 14. The van der Waals surface area contributed by atoms with Crippen molar-refractivity contribution in [3.63, 3.8) is 0 Å². The minimum Gasteiger partial charge on any atom is -0.481 e. The van der Waals surface area contributed by atoms with Crippen LogP contribution in [-0.2, 0) is 17.9 Å². The summed E-state index contributed by atoms with van der Waals surface area (Å²) in [5.74, 6) is -0.967. The molecule has 61 heavy (non-hydrogen) atoms. The fourth-order valence-corrected chi connectivity index (χ4v) is 9.69. The summed E-state index contributed by atoms with van der Waals surface area (Å²) in [5, 5.41) is 26.4. The Morgan fingerprint density at radius 1 is 0.967 bits per heavy atom. The summed E-state index contributed by atoms with van der Waals surface area (Å²) in [5.41, 5.74) is 6.47. The van der Waals surface area contributed by atoms with Gasteiger partial charge in [-0.05, 0) is 110 Å². The Kier molecular flexibility index (Phi) is 10.6. The second-order valence-corrected chi connectivity index (χ2v) is 16.9. The van der Waals surface area contributed by atoms with Crippen LogP contribution in [0.4, 0.5) is 29.1 Å². The van der Waals surface area contributed by atoms with Crippen molar-refractivity contribution in [2.24, 2.45) is 10.8 Å². The first-order valence-corrected chi connectivity index (χ1v) is 20.4. The Balaban J connectivity index is 0.983. The summed E-state index contributed by atoms with van der Waals surface area (Å²) in [7, 11) is 0. The first kappa shape index (κ1) is 40.7. The molecule has 1 unspecified atom stereocenters. The summed E-state index contributed by atoms with van der Waals surface area (Å²) in [6, 6.07) is 16.2. The van der Waals surface area contributed by atoms with Crippen molar-refractivity contribution in [2.45, 2.75) is 84.6 Å². The Morgan fingerprint density at radius 3 is 2.43 bits per heavy atom. The number of ether oxygens (including phenoxy) is 1. The van der Waals surface area contributed by atoms with Gasteiger partial charge in [0.05, 0.1) is 17.0 Å². The number of likely N-dealkylation sites (tertiary alicyclic amines) is 1. The van der Waals surface area contributed by atoms with Crippen molar-refractivity contribution >= 4 is 39.6 Å². The van der Waals surface area contributed by atoms with Crippen LogP contribution in [-0.4, -0.2) is 73.4 Å². The number of nitrogens with one attached hydrogen (secondary N) is 2. The van der Waals surface area contributed by atoms with Crippen molar-refractivity contribution in [1.82, 2.24) is 30.2 Å². The molecule has 6 aromatic rings. The molecule has 3 aliphatic rings. The van der Waals surface area contributed by atoms with E-state index in [9.17, 15) is 32.6 Å². The molecule has 0 amide bonds. The van der Waals surface area contributed by atoms with Gasteiger partial charge in [0.1, 0.15) is 16.8 Å². The number of nitrogens with zero attached hydrogens (tertiary/aromatic N) is 5. The molecule has 1 saturated heterocycles. The molecule has 0 spiro atoms. The standard InChI is InChI=1S/C45H45F4N7O5/c1-24-29(30-6-4-8-32(25(30)2)52-39-37-34(53-40(55-39)38(46)47)15-26(18-51-37)20-56-14-9-28(57)21-56)5-3-7-31(24)41-54-33-16-27(35(61-43(48)49)17-36(33)60-41)19-50-23-44-10-12-45(22-44,13-11-44)42(58)59/h3-8,15-18,28,38,43,50,57H,9-14,19-23H2,1-2H3,(H,58,59)(H,52,53,55). The van der Waals surface area contributed by atoms with Crippen LogP contribution in [0.5, 0.6) is 5.75 Å². The van der Waals surface area contributed by atoms with E-state index in [-0.39, 0.29) is 40.5 Å². The lowest BCUT2D eigenvalue weighted by atomic mass is 9.82. The molecule has 2 bridgehead atoms. The second-order valence-electron chi connectivity index (χ2n) is 16.9. The Labute approximate surface area is 348 Å². The summed E-state index contributed by atoms with van der Waals surface area (Å²) in [6.07, 6.45) is 2.58. The molecule has 9 rings (SSSR count). The van der Waals surface area contributed by atoms with Gasteiger partial charge in [-0.3, -0.25) is 14.7 Å². The van der Waals surface area contributed by atoms with Crippen molar-refractivity contribution in [2.75, 3.05) is 25.0 Å². The topological polar surface area (TPSA) is 159 Å². The number of aliphatic hydroxyl groups is 1. The number of pyridine rings is 1. The molecule has 12 nitrogen and oxygen atoms in total. The van der Waals surface area contributed by atoms with Gasteiger partial charge >= 0.3 is 12.6 Å². The predicted molar refractivity (Wildman–Crippen MR) is 220 cm³/mol. The first-order valence-electron chi connectivity index (χ1n) is 20.4. The van der Waals surface area contributed by atoms with Gasteiger partial charge in [0.2, 0.25) is 5.89 Å². The van der Waals surface area contributed by atoms with Crippen LogP contribution in [0.1, 0.15) is 73.0 Å². The van der Waals surface area contributed by atoms with Gasteiger partial charge in [-0.25, -0.2) is 23.7 Å². The van der Waals surface area contributed by atoms with Crippen LogP contribution >= 0.6 is 0 Å². The Bertz CT molecular complexity index is 2650. The molecule has 1 aliphatic heterocycles. The molecular formula is C45H45F4N7O5. The zero-order valence-corrected chi connectivity index (χ0v) is 33.7. The maximum Gasteiger partial charge on any atom is 0.387 e. The summed E-state index contributed by atoms with van der Waals surface area (Å²) >= 11 is 0. The molecule has 3 fully saturated rings. The van der Waals surface area contributed by atoms with Gasteiger partial charge in [0.25, 0.3) is 6.43 Å². The van der Waals surface area contributed by atoms with E-state index in [4.69, 9.17) is 14.1 Å². The van der Waals surface area contributed by atoms with Crippen LogP contribution in [0, 0.1) is 24.7 Å². The van der Waals surface area contributed by atoms with Crippen LogP contribution in [0.2, 0.25) is 0 Å². The van der Waals surface area contributed by atoms with E-state index < -0.39 is 36.3 Å². The summed E-state index contributed by atoms with van der Waals surface area (Å²) in [6.45, 7) is 3.34. The van der Waals surface area contributed by atoms with Crippen molar-refractivity contribution in [3.8, 4) is 28.3 Å². The molecule has 3 aromatic heterocycles. The number of hydrogen-bond donors (Lipinski definition) is 4. The Morgan fingerprint density at radius 2 is 1.72 bits per heavy atom. The number of aliphatic hydroxyl groups excluding tert-OH is 1. The predicted octanol–water partition coefficient (Wildman–Crippen LogP) is 9.09. The summed E-state index contributed by atoms with van der Waals surface area (Å²) in [4.78, 5) is 31.7. The highest BCUT2D eigenvalue weighted by molar-refractivity contribution is 5.89. The van der Waals surface area contributed by atoms with Gasteiger partial charge in [-0.1, -0.05) is 24.3 Å². The number of halogens is 4. The van der Waals surface area contributed by atoms with E-state index in [2.05, 4.69) is 30.5 Å². The third-order valence-electron chi connectivity index (χ3n) is 12.9. The maximum absolute atomic E-state index is 14.1. The van der Waals surface area contributed by atoms with Crippen LogP contribution in [0.25, 0.3) is 44.7 Å². The number of β-amino-alcohol motifs (C(OH)–C–C–N with tert-alkyl or cyclic N) is 1. The lowest BCUT2D eigenvalue weighted by molar-refractivity contribution is -0.148. The lowest BCUT2D eigenvalue weighted by Gasteiger charge is -2.27. The van der Waals surface area contributed by atoms with Gasteiger partial charge in [0.15, 0.2) is 17.2 Å². The normalized spacial score (nSPS) is 21.4. The van der Waals surface area contributed by atoms with E-state index >= 15 is 0 Å². The molecule has 4 N–H and O–H groups in total. The van der Waals surface area contributed by atoms with E-state index in [1.54, 1.807) is 18.3 Å². The van der Waals surface area contributed by atoms with Gasteiger partial charge in [-0.2, -0.15) is 8.78 Å². The molecule has 16 heteroatoms. The SMILES string of the molecule is Cc1c(Nc2nc(C(F)F)nc3cc(CN4CCC(O)C4)cnc23)cccc1-c1cccc(-c2nc3cc(CNCC45CCC(C(=O)O)(CC4)C5)c(OC(F)F)cc3o2)c1C. The third kappa shape index (κ3) is 7.88. The highest BCUT2D eigenvalue weighted by atomic mass is 19.3. The number of benzene rings is 3. The molecule has 2 aliphatic carbocycles. The van der Waals surface area contributed by atoms with E-state index in [1.165, 1.54) is 6.07 Å². The number of anilines is 2.